The number of rotatable bonds is 3. The van der Waals surface area contributed by atoms with Gasteiger partial charge in [-0.3, -0.25) is 4.98 Å². The summed E-state index contributed by atoms with van der Waals surface area (Å²) in [4.78, 5) is 4.13. The first kappa shape index (κ1) is 9.66. The molecule has 1 aliphatic carbocycles. The minimum atomic E-state index is 0.432. The van der Waals surface area contributed by atoms with Crippen molar-refractivity contribution < 1.29 is 0 Å². The Morgan fingerprint density at radius 1 is 1.50 bits per heavy atom. The van der Waals surface area contributed by atoms with Gasteiger partial charge in [-0.1, -0.05) is 13.0 Å². The maximum absolute atomic E-state index is 4.13. The predicted molar refractivity (Wildman–Crippen MR) is 58.0 cm³/mol. The normalized spacial score (nSPS) is 28.1. The van der Waals surface area contributed by atoms with Crippen LogP contribution < -0.4 is 5.32 Å². The Kier molecular flexibility index (Phi) is 2.82. The van der Waals surface area contributed by atoms with Crippen LogP contribution in [0.4, 0.5) is 0 Å². The standard InChI is InChI=1S/C12H18N2/c1-9-6-12(7-9)14-10(2)11-4-3-5-13-8-11/h3-5,8-10,12,14H,6-7H2,1-2H3/t9?,10-,12?/m1/s1. The topological polar surface area (TPSA) is 24.9 Å². The molecule has 0 saturated heterocycles. The van der Waals surface area contributed by atoms with E-state index in [0.717, 1.165) is 12.0 Å². The molecule has 1 heterocycles. The van der Waals surface area contributed by atoms with E-state index < -0.39 is 0 Å². The van der Waals surface area contributed by atoms with Crippen LogP contribution in [-0.2, 0) is 0 Å². The molecule has 2 rings (SSSR count). The van der Waals surface area contributed by atoms with Gasteiger partial charge in [0.15, 0.2) is 0 Å². The SMILES string of the molecule is CC1CC(N[C@H](C)c2cccnc2)C1. The van der Waals surface area contributed by atoms with Gasteiger partial charge in [-0.15, -0.1) is 0 Å². The second kappa shape index (κ2) is 4.09. The number of aromatic nitrogens is 1. The van der Waals surface area contributed by atoms with Gasteiger partial charge in [-0.25, -0.2) is 0 Å². The van der Waals surface area contributed by atoms with Crippen LogP contribution in [0.3, 0.4) is 0 Å². The minimum absolute atomic E-state index is 0.432. The van der Waals surface area contributed by atoms with Gasteiger partial charge >= 0.3 is 0 Å². The zero-order valence-corrected chi connectivity index (χ0v) is 8.90. The van der Waals surface area contributed by atoms with Crippen molar-refractivity contribution in [3.63, 3.8) is 0 Å². The maximum Gasteiger partial charge on any atom is 0.0315 e. The van der Waals surface area contributed by atoms with Gasteiger partial charge in [-0.2, -0.15) is 0 Å². The molecule has 0 bridgehead atoms. The molecule has 2 heteroatoms. The summed E-state index contributed by atoms with van der Waals surface area (Å²) in [5.74, 6) is 0.911. The molecule has 0 amide bonds. The lowest BCUT2D eigenvalue weighted by Gasteiger charge is -2.35. The van der Waals surface area contributed by atoms with E-state index in [9.17, 15) is 0 Å². The van der Waals surface area contributed by atoms with Crippen molar-refractivity contribution >= 4 is 0 Å². The van der Waals surface area contributed by atoms with Crippen LogP contribution in [0, 0.1) is 5.92 Å². The Bertz CT molecular complexity index is 278. The van der Waals surface area contributed by atoms with Crippen LogP contribution in [0.2, 0.25) is 0 Å². The summed E-state index contributed by atoms with van der Waals surface area (Å²) >= 11 is 0. The van der Waals surface area contributed by atoms with Gasteiger partial charge in [0.1, 0.15) is 0 Å². The predicted octanol–water partition coefficient (Wildman–Crippen LogP) is 2.53. The second-order valence-electron chi connectivity index (χ2n) is 4.45. The van der Waals surface area contributed by atoms with Crippen molar-refractivity contribution in [3.05, 3.63) is 30.1 Å². The van der Waals surface area contributed by atoms with Crippen LogP contribution in [0.5, 0.6) is 0 Å². The largest absolute Gasteiger partial charge is 0.307 e. The number of hydrogen-bond acceptors (Lipinski definition) is 2. The van der Waals surface area contributed by atoms with Gasteiger partial charge < -0.3 is 5.32 Å². The molecular weight excluding hydrogens is 172 g/mol. The summed E-state index contributed by atoms with van der Waals surface area (Å²) in [5, 5.41) is 3.62. The molecule has 1 fully saturated rings. The summed E-state index contributed by atoms with van der Waals surface area (Å²) in [5.41, 5.74) is 1.28. The first-order valence-electron chi connectivity index (χ1n) is 5.41. The quantitative estimate of drug-likeness (QED) is 0.792. The highest BCUT2D eigenvalue weighted by atomic mass is 15.0. The fraction of sp³-hybridized carbons (Fsp3) is 0.583. The van der Waals surface area contributed by atoms with E-state index in [-0.39, 0.29) is 0 Å². The van der Waals surface area contributed by atoms with Crippen molar-refractivity contribution in [3.8, 4) is 0 Å². The maximum atomic E-state index is 4.13. The highest BCUT2D eigenvalue weighted by Crippen LogP contribution is 2.28. The molecular formula is C12H18N2. The number of pyridine rings is 1. The summed E-state index contributed by atoms with van der Waals surface area (Å²) < 4.78 is 0. The van der Waals surface area contributed by atoms with E-state index in [0.29, 0.717) is 6.04 Å². The molecule has 1 aliphatic rings. The van der Waals surface area contributed by atoms with Crippen LogP contribution in [0.15, 0.2) is 24.5 Å². The molecule has 0 unspecified atom stereocenters. The van der Waals surface area contributed by atoms with Crippen LogP contribution in [0.25, 0.3) is 0 Å². The molecule has 1 atom stereocenters. The molecule has 1 aromatic heterocycles. The fourth-order valence-corrected chi connectivity index (χ4v) is 2.12. The van der Waals surface area contributed by atoms with Gasteiger partial charge in [-0.05, 0) is 37.3 Å². The van der Waals surface area contributed by atoms with Gasteiger partial charge in [0, 0.05) is 24.5 Å². The summed E-state index contributed by atoms with van der Waals surface area (Å²) in [6.45, 7) is 4.52. The Labute approximate surface area is 85.7 Å². The second-order valence-corrected chi connectivity index (χ2v) is 4.45. The molecule has 0 radical (unpaired) electrons. The van der Waals surface area contributed by atoms with E-state index in [1.165, 1.54) is 18.4 Å². The van der Waals surface area contributed by atoms with Gasteiger partial charge in [0.25, 0.3) is 0 Å². The fourth-order valence-electron chi connectivity index (χ4n) is 2.12. The molecule has 0 spiro atoms. The average molecular weight is 190 g/mol. The van der Waals surface area contributed by atoms with Crippen LogP contribution >= 0.6 is 0 Å². The zero-order chi connectivity index (χ0) is 9.97. The minimum Gasteiger partial charge on any atom is -0.307 e. The first-order valence-corrected chi connectivity index (χ1v) is 5.41. The van der Waals surface area contributed by atoms with E-state index in [1.54, 1.807) is 0 Å². The third kappa shape index (κ3) is 2.13. The zero-order valence-electron chi connectivity index (χ0n) is 8.90. The Hall–Kier alpha value is -0.890. The van der Waals surface area contributed by atoms with Crippen molar-refractivity contribution in [1.82, 2.24) is 10.3 Å². The number of nitrogens with zero attached hydrogens (tertiary/aromatic N) is 1. The van der Waals surface area contributed by atoms with Crippen molar-refractivity contribution in [1.29, 1.82) is 0 Å². The van der Waals surface area contributed by atoms with Gasteiger partial charge in [0.2, 0.25) is 0 Å². The van der Waals surface area contributed by atoms with E-state index in [1.807, 2.05) is 18.5 Å². The first-order chi connectivity index (χ1) is 6.75. The Morgan fingerprint density at radius 2 is 2.29 bits per heavy atom. The molecule has 76 valence electrons. The lowest BCUT2D eigenvalue weighted by atomic mass is 9.81. The van der Waals surface area contributed by atoms with Crippen LogP contribution in [-0.4, -0.2) is 11.0 Å². The Morgan fingerprint density at radius 3 is 2.86 bits per heavy atom. The molecule has 1 N–H and O–H groups in total. The smallest absolute Gasteiger partial charge is 0.0315 e. The van der Waals surface area contributed by atoms with E-state index in [4.69, 9.17) is 0 Å². The highest BCUT2D eigenvalue weighted by molar-refractivity contribution is 5.13. The number of nitrogens with one attached hydrogen (secondary N) is 1. The molecule has 14 heavy (non-hydrogen) atoms. The summed E-state index contributed by atoms with van der Waals surface area (Å²) in [6.07, 6.45) is 6.41. The van der Waals surface area contributed by atoms with E-state index in [2.05, 4.69) is 30.2 Å². The molecule has 0 aromatic carbocycles. The van der Waals surface area contributed by atoms with Crippen molar-refractivity contribution in [2.24, 2.45) is 5.92 Å². The van der Waals surface area contributed by atoms with Crippen LogP contribution in [0.1, 0.15) is 38.3 Å². The molecule has 2 nitrogen and oxygen atoms in total. The van der Waals surface area contributed by atoms with Gasteiger partial charge in [0.05, 0.1) is 0 Å². The molecule has 1 aromatic rings. The lowest BCUT2D eigenvalue weighted by molar-refractivity contribution is 0.226. The Balaban J connectivity index is 1.87. The molecule has 0 aliphatic heterocycles. The van der Waals surface area contributed by atoms with Crippen molar-refractivity contribution in [2.75, 3.05) is 0 Å². The third-order valence-corrected chi connectivity index (χ3v) is 3.04. The average Bonchev–Trinajstić information content (AvgIpc) is 2.17. The highest BCUT2D eigenvalue weighted by Gasteiger charge is 2.26. The monoisotopic (exact) mass is 190 g/mol. The number of hydrogen-bond donors (Lipinski definition) is 1. The van der Waals surface area contributed by atoms with Crippen molar-refractivity contribution in [2.45, 2.75) is 38.8 Å². The lowest BCUT2D eigenvalue weighted by Crippen LogP contribution is -2.41. The summed E-state index contributed by atoms with van der Waals surface area (Å²) in [7, 11) is 0. The third-order valence-electron chi connectivity index (χ3n) is 3.04. The van der Waals surface area contributed by atoms with E-state index >= 15 is 0 Å². The summed E-state index contributed by atoms with van der Waals surface area (Å²) in [6, 6.07) is 5.28. The molecule has 1 saturated carbocycles.